The highest BCUT2D eigenvalue weighted by Gasteiger charge is 2.18. The molecule has 0 bridgehead atoms. The lowest BCUT2D eigenvalue weighted by Crippen LogP contribution is -2.15. The lowest BCUT2D eigenvalue weighted by Gasteiger charge is -2.17. The molecule has 3 rings (SSSR count). The lowest BCUT2D eigenvalue weighted by atomic mass is 9.92. The van der Waals surface area contributed by atoms with E-state index in [0.29, 0.717) is 10.6 Å². The fraction of sp³-hybridized carbons (Fsp3) is 0.333. The maximum atomic E-state index is 12.6. The molecule has 4 heteroatoms. The van der Waals surface area contributed by atoms with E-state index < -0.39 is 10.0 Å². The molecule has 0 spiro atoms. The van der Waals surface area contributed by atoms with Crippen LogP contribution in [0.15, 0.2) is 41.3 Å². The molecule has 2 aromatic carbocycles. The molecule has 0 atom stereocenters. The molecule has 0 radical (unpaired) electrons. The van der Waals surface area contributed by atoms with Crippen LogP contribution in [0.2, 0.25) is 0 Å². The molecule has 0 fully saturated rings. The summed E-state index contributed by atoms with van der Waals surface area (Å²) in [6.07, 6.45) is 4.36. The van der Waals surface area contributed by atoms with Gasteiger partial charge >= 0.3 is 0 Å². The Bertz CT molecular complexity index is 810. The first kappa shape index (κ1) is 15.1. The summed E-state index contributed by atoms with van der Waals surface area (Å²) in [6.45, 7) is 3.86. The van der Waals surface area contributed by atoms with Gasteiger partial charge in [0.1, 0.15) is 0 Å². The number of anilines is 1. The van der Waals surface area contributed by atoms with Crippen molar-refractivity contribution < 1.29 is 8.42 Å². The van der Waals surface area contributed by atoms with E-state index >= 15 is 0 Å². The van der Waals surface area contributed by atoms with Gasteiger partial charge in [-0.3, -0.25) is 4.72 Å². The largest absolute Gasteiger partial charge is 0.279 e. The number of hydrogen-bond donors (Lipinski definition) is 1. The average molecular weight is 315 g/mol. The van der Waals surface area contributed by atoms with Crippen molar-refractivity contribution in [2.75, 3.05) is 4.72 Å². The second kappa shape index (κ2) is 5.76. The van der Waals surface area contributed by atoms with E-state index in [1.54, 1.807) is 6.07 Å². The molecule has 0 amide bonds. The fourth-order valence-corrected chi connectivity index (χ4v) is 4.10. The van der Waals surface area contributed by atoms with Crippen LogP contribution in [0, 0.1) is 13.8 Å². The SMILES string of the molecule is Cc1ccc(C)c(NS(=O)(=O)c2ccc3c(c2)CCCC3)c1. The molecule has 0 saturated carbocycles. The molecule has 1 aliphatic carbocycles. The van der Waals surface area contributed by atoms with Crippen LogP contribution in [0.3, 0.4) is 0 Å². The van der Waals surface area contributed by atoms with Gasteiger partial charge in [0.2, 0.25) is 0 Å². The summed E-state index contributed by atoms with van der Waals surface area (Å²) in [5, 5.41) is 0. The van der Waals surface area contributed by atoms with Crippen molar-refractivity contribution in [2.45, 2.75) is 44.4 Å². The summed E-state index contributed by atoms with van der Waals surface area (Å²) in [5.41, 5.74) is 5.07. The minimum absolute atomic E-state index is 0.356. The zero-order chi connectivity index (χ0) is 15.7. The summed E-state index contributed by atoms with van der Waals surface area (Å²) < 4.78 is 28.0. The summed E-state index contributed by atoms with van der Waals surface area (Å²) in [7, 11) is -3.54. The van der Waals surface area contributed by atoms with E-state index in [4.69, 9.17) is 0 Å². The fourth-order valence-electron chi connectivity index (χ4n) is 2.93. The summed E-state index contributed by atoms with van der Waals surface area (Å²) >= 11 is 0. The predicted octanol–water partition coefficient (Wildman–Crippen LogP) is 3.98. The van der Waals surface area contributed by atoms with Crippen molar-refractivity contribution in [3.8, 4) is 0 Å². The molecular formula is C18H21NO2S. The third-order valence-corrected chi connectivity index (χ3v) is 5.63. The van der Waals surface area contributed by atoms with Crippen molar-refractivity contribution in [2.24, 2.45) is 0 Å². The molecule has 0 unspecified atom stereocenters. The van der Waals surface area contributed by atoms with E-state index in [-0.39, 0.29) is 0 Å². The number of benzene rings is 2. The predicted molar refractivity (Wildman–Crippen MR) is 89.8 cm³/mol. The lowest BCUT2D eigenvalue weighted by molar-refractivity contribution is 0.600. The van der Waals surface area contributed by atoms with Crippen molar-refractivity contribution in [3.63, 3.8) is 0 Å². The first-order chi connectivity index (χ1) is 10.5. The quantitative estimate of drug-likeness (QED) is 0.931. The minimum Gasteiger partial charge on any atom is -0.279 e. The van der Waals surface area contributed by atoms with Gasteiger partial charge < -0.3 is 0 Å². The summed E-state index contributed by atoms with van der Waals surface area (Å²) in [5.74, 6) is 0. The van der Waals surface area contributed by atoms with Crippen molar-refractivity contribution in [1.82, 2.24) is 0 Å². The van der Waals surface area contributed by atoms with Gasteiger partial charge in [0, 0.05) is 0 Å². The Morgan fingerprint density at radius 2 is 1.64 bits per heavy atom. The highest BCUT2D eigenvalue weighted by Crippen LogP contribution is 2.26. The smallest absolute Gasteiger partial charge is 0.261 e. The average Bonchev–Trinajstić information content (AvgIpc) is 2.50. The van der Waals surface area contributed by atoms with Crippen LogP contribution >= 0.6 is 0 Å². The van der Waals surface area contributed by atoms with Gasteiger partial charge in [-0.2, -0.15) is 0 Å². The van der Waals surface area contributed by atoms with Crippen LogP contribution in [0.5, 0.6) is 0 Å². The van der Waals surface area contributed by atoms with Gasteiger partial charge in [0.15, 0.2) is 0 Å². The van der Waals surface area contributed by atoms with E-state index in [2.05, 4.69) is 4.72 Å². The van der Waals surface area contributed by atoms with Gasteiger partial charge in [-0.15, -0.1) is 0 Å². The molecule has 1 aliphatic rings. The van der Waals surface area contributed by atoms with Gasteiger partial charge in [0.05, 0.1) is 10.6 Å². The van der Waals surface area contributed by atoms with E-state index in [0.717, 1.165) is 30.4 Å². The molecule has 3 nitrogen and oxygen atoms in total. The number of nitrogens with one attached hydrogen (secondary N) is 1. The molecule has 0 heterocycles. The maximum absolute atomic E-state index is 12.6. The Labute approximate surface area is 132 Å². The Hall–Kier alpha value is -1.81. The van der Waals surface area contributed by atoms with E-state index in [9.17, 15) is 8.42 Å². The number of hydrogen-bond acceptors (Lipinski definition) is 2. The molecule has 2 aromatic rings. The normalized spacial score (nSPS) is 14.5. The first-order valence-electron chi connectivity index (χ1n) is 7.67. The monoisotopic (exact) mass is 315 g/mol. The van der Waals surface area contributed by atoms with Gasteiger partial charge in [-0.25, -0.2) is 8.42 Å². The molecule has 0 aliphatic heterocycles. The van der Waals surface area contributed by atoms with Crippen LogP contribution in [0.1, 0.15) is 35.1 Å². The third kappa shape index (κ3) is 3.02. The van der Waals surface area contributed by atoms with Crippen molar-refractivity contribution >= 4 is 15.7 Å². The van der Waals surface area contributed by atoms with Gasteiger partial charge in [0.25, 0.3) is 10.0 Å². The second-order valence-corrected chi connectivity index (χ2v) is 7.74. The third-order valence-electron chi connectivity index (χ3n) is 4.27. The van der Waals surface area contributed by atoms with Gasteiger partial charge in [-0.05, 0) is 80.0 Å². The topological polar surface area (TPSA) is 46.2 Å². The number of fused-ring (bicyclic) bond motifs is 1. The maximum Gasteiger partial charge on any atom is 0.261 e. The summed E-state index contributed by atoms with van der Waals surface area (Å²) in [6, 6.07) is 11.3. The Morgan fingerprint density at radius 1 is 0.909 bits per heavy atom. The Kier molecular flexibility index (Phi) is 3.96. The molecular weight excluding hydrogens is 294 g/mol. The Morgan fingerprint density at radius 3 is 2.41 bits per heavy atom. The minimum atomic E-state index is -3.54. The second-order valence-electron chi connectivity index (χ2n) is 6.06. The van der Waals surface area contributed by atoms with E-state index in [1.807, 2.05) is 44.2 Å². The molecule has 0 saturated heterocycles. The van der Waals surface area contributed by atoms with E-state index in [1.165, 1.54) is 17.5 Å². The van der Waals surface area contributed by atoms with Gasteiger partial charge in [-0.1, -0.05) is 18.2 Å². The van der Waals surface area contributed by atoms with Crippen LogP contribution in [-0.2, 0) is 22.9 Å². The van der Waals surface area contributed by atoms with Crippen molar-refractivity contribution in [1.29, 1.82) is 0 Å². The molecule has 1 N–H and O–H groups in total. The van der Waals surface area contributed by atoms with Crippen LogP contribution in [0.25, 0.3) is 0 Å². The highest BCUT2D eigenvalue weighted by molar-refractivity contribution is 7.92. The van der Waals surface area contributed by atoms with Crippen molar-refractivity contribution in [3.05, 3.63) is 58.7 Å². The highest BCUT2D eigenvalue weighted by atomic mass is 32.2. The van der Waals surface area contributed by atoms with Crippen LogP contribution in [-0.4, -0.2) is 8.42 Å². The Balaban J connectivity index is 1.94. The number of rotatable bonds is 3. The van der Waals surface area contributed by atoms with Crippen LogP contribution in [0.4, 0.5) is 5.69 Å². The zero-order valence-electron chi connectivity index (χ0n) is 13.0. The number of sulfonamides is 1. The first-order valence-corrected chi connectivity index (χ1v) is 9.16. The van der Waals surface area contributed by atoms with Crippen LogP contribution < -0.4 is 4.72 Å². The molecule has 0 aromatic heterocycles. The standard InChI is InChI=1S/C18H21NO2S/c1-13-7-8-14(2)18(11-13)19-22(20,21)17-10-9-15-5-3-4-6-16(15)12-17/h7-12,19H,3-6H2,1-2H3. The molecule has 116 valence electrons. The summed E-state index contributed by atoms with van der Waals surface area (Å²) in [4.78, 5) is 0.356. The number of aryl methyl sites for hydroxylation is 4. The zero-order valence-corrected chi connectivity index (χ0v) is 13.8. The molecule has 22 heavy (non-hydrogen) atoms.